The highest BCUT2D eigenvalue weighted by Crippen LogP contribution is 2.24. The standard InChI is InChI=1S/C10H13Cl2N3/c1-15-5-4-13-8(6-15)7-2-3-9(11)14-10(7)12/h2-3,8,13H,4-6H2,1H3. The largest absolute Gasteiger partial charge is 0.307 e. The molecule has 5 heteroatoms. The van der Waals surface area contributed by atoms with Crippen molar-refractivity contribution < 1.29 is 0 Å². The van der Waals surface area contributed by atoms with Gasteiger partial charge in [0.15, 0.2) is 0 Å². The fraction of sp³-hybridized carbons (Fsp3) is 0.500. The van der Waals surface area contributed by atoms with Crippen molar-refractivity contribution in [3.8, 4) is 0 Å². The molecule has 0 aliphatic carbocycles. The lowest BCUT2D eigenvalue weighted by atomic mass is 10.1. The van der Waals surface area contributed by atoms with Crippen LogP contribution in [0.2, 0.25) is 10.3 Å². The smallest absolute Gasteiger partial charge is 0.135 e. The Morgan fingerprint density at radius 2 is 2.27 bits per heavy atom. The Hall–Kier alpha value is -0.350. The van der Waals surface area contributed by atoms with E-state index >= 15 is 0 Å². The van der Waals surface area contributed by atoms with Crippen molar-refractivity contribution in [1.82, 2.24) is 15.2 Å². The average molecular weight is 246 g/mol. The maximum Gasteiger partial charge on any atom is 0.135 e. The Labute approximate surface area is 99.4 Å². The number of pyridine rings is 1. The Kier molecular flexibility index (Phi) is 3.46. The number of halogens is 2. The minimum atomic E-state index is 0.251. The summed E-state index contributed by atoms with van der Waals surface area (Å²) in [5.74, 6) is 0. The Balaban J connectivity index is 2.21. The third kappa shape index (κ3) is 2.61. The van der Waals surface area contributed by atoms with Crippen molar-refractivity contribution in [2.75, 3.05) is 26.7 Å². The molecular formula is C10H13Cl2N3. The zero-order valence-corrected chi connectivity index (χ0v) is 10.0. The third-order valence-electron chi connectivity index (χ3n) is 2.60. The first-order chi connectivity index (χ1) is 7.16. The van der Waals surface area contributed by atoms with Gasteiger partial charge in [-0.1, -0.05) is 29.3 Å². The first kappa shape index (κ1) is 11.1. The van der Waals surface area contributed by atoms with E-state index in [0.29, 0.717) is 10.3 Å². The van der Waals surface area contributed by atoms with Gasteiger partial charge in [-0.2, -0.15) is 0 Å². The van der Waals surface area contributed by atoms with Crippen LogP contribution >= 0.6 is 23.2 Å². The molecule has 1 aliphatic heterocycles. The minimum absolute atomic E-state index is 0.251. The monoisotopic (exact) mass is 245 g/mol. The van der Waals surface area contributed by atoms with Crippen LogP contribution in [0.1, 0.15) is 11.6 Å². The van der Waals surface area contributed by atoms with Crippen LogP contribution in [-0.2, 0) is 0 Å². The van der Waals surface area contributed by atoms with Gasteiger partial charge in [0.25, 0.3) is 0 Å². The van der Waals surface area contributed by atoms with Gasteiger partial charge in [0, 0.05) is 31.2 Å². The summed E-state index contributed by atoms with van der Waals surface area (Å²) in [5.41, 5.74) is 1.02. The molecule has 1 aromatic heterocycles. The molecule has 1 aliphatic rings. The molecule has 15 heavy (non-hydrogen) atoms. The molecule has 0 bridgehead atoms. The quantitative estimate of drug-likeness (QED) is 0.768. The van der Waals surface area contributed by atoms with Gasteiger partial charge in [-0.25, -0.2) is 4.98 Å². The van der Waals surface area contributed by atoms with E-state index in [-0.39, 0.29) is 6.04 Å². The highest BCUT2D eigenvalue weighted by Gasteiger charge is 2.20. The summed E-state index contributed by atoms with van der Waals surface area (Å²) in [6, 6.07) is 3.97. The number of nitrogens with zero attached hydrogens (tertiary/aromatic N) is 2. The molecule has 0 saturated carbocycles. The van der Waals surface area contributed by atoms with Crippen LogP contribution in [-0.4, -0.2) is 36.6 Å². The van der Waals surface area contributed by atoms with Gasteiger partial charge in [0.1, 0.15) is 10.3 Å². The second kappa shape index (κ2) is 4.66. The summed E-state index contributed by atoms with van der Waals surface area (Å²) in [6.45, 7) is 2.98. The van der Waals surface area contributed by atoms with Gasteiger partial charge in [-0.3, -0.25) is 0 Å². The average Bonchev–Trinajstić information content (AvgIpc) is 2.17. The van der Waals surface area contributed by atoms with E-state index in [1.165, 1.54) is 0 Å². The zero-order valence-electron chi connectivity index (χ0n) is 8.50. The van der Waals surface area contributed by atoms with Crippen LogP contribution in [0.3, 0.4) is 0 Å². The van der Waals surface area contributed by atoms with Gasteiger partial charge in [0.2, 0.25) is 0 Å². The lowest BCUT2D eigenvalue weighted by Crippen LogP contribution is -2.43. The predicted octanol–water partition coefficient (Wildman–Crippen LogP) is 1.96. The van der Waals surface area contributed by atoms with Gasteiger partial charge in [0.05, 0.1) is 0 Å². The highest BCUT2D eigenvalue weighted by atomic mass is 35.5. The van der Waals surface area contributed by atoms with Gasteiger partial charge < -0.3 is 10.2 Å². The molecular weight excluding hydrogens is 233 g/mol. The SMILES string of the molecule is CN1CCNC(c2ccc(Cl)nc2Cl)C1. The second-order valence-electron chi connectivity index (χ2n) is 3.78. The number of likely N-dealkylation sites (N-methyl/N-ethyl adjacent to an activating group) is 1. The van der Waals surface area contributed by atoms with Crippen LogP contribution in [0.5, 0.6) is 0 Å². The van der Waals surface area contributed by atoms with E-state index in [1.54, 1.807) is 6.07 Å². The van der Waals surface area contributed by atoms with E-state index < -0.39 is 0 Å². The summed E-state index contributed by atoms with van der Waals surface area (Å²) in [7, 11) is 2.10. The van der Waals surface area contributed by atoms with E-state index in [4.69, 9.17) is 23.2 Å². The van der Waals surface area contributed by atoms with Crippen LogP contribution in [0, 0.1) is 0 Å². The van der Waals surface area contributed by atoms with Gasteiger partial charge in [-0.05, 0) is 13.1 Å². The Morgan fingerprint density at radius 3 is 2.93 bits per heavy atom. The molecule has 0 aromatic carbocycles. The molecule has 1 N–H and O–H groups in total. The Bertz CT molecular complexity index is 357. The van der Waals surface area contributed by atoms with Crippen LogP contribution in [0.25, 0.3) is 0 Å². The van der Waals surface area contributed by atoms with E-state index in [0.717, 1.165) is 25.2 Å². The van der Waals surface area contributed by atoms with Crippen molar-refractivity contribution in [3.05, 3.63) is 28.0 Å². The number of nitrogens with one attached hydrogen (secondary N) is 1. The topological polar surface area (TPSA) is 28.2 Å². The lowest BCUT2D eigenvalue weighted by molar-refractivity contribution is 0.240. The summed E-state index contributed by atoms with van der Waals surface area (Å²) in [6.07, 6.45) is 0. The first-order valence-corrected chi connectivity index (χ1v) is 5.66. The van der Waals surface area contributed by atoms with Crippen molar-refractivity contribution in [2.24, 2.45) is 0 Å². The summed E-state index contributed by atoms with van der Waals surface area (Å²) in [4.78, 5) is 6.32. The fourth-order valence-corrected chi connectivity index (χ4v) is 2.26. The van der Waals surface area contributed by atoms with Crippen molar-refractivity contribution in [3.63, 3.8) is 0 Å². The molecule has 0 radical (unpaired) electrons. The van der Waals surface area contributed by atoms with E-state index in [9.17, 15) is 0 Å². The summed E-state index contributed by atoms with van der Waals surface area (Å²) >= 11 is 11.8. The van der Waals surface area contributed by atoms with Crippen molar-refractivity contribution >= 4 is 23.2 Å². The molecule has 1 fully saturated rings. The fourth-order valence-electron chi connectivity index (χ4n) is 1.79. The normalized spacial score (nSPS) is 23.0. The van der Waals surface area contributed by atoms with Crippen LogP contribution in [0.15, 0.2) is 12.1 Å². The van der Waals surface area contributed by atoms with Gasteiger partial charge >= 0.3 is 0 Å². The molecule has 0 amide bonds. The molecule has 1 atom stereocenters. The highest BCUT2D eigenvalue weighted by molar-refractivity contribution is 6.32. The van der Waals surface area contributed by atoms with Crippen LogP contribution < -0.4 is 5.32 Å². The molecule has 2 heterocycles. The van der Waals surface area contributed by atoms with Crippen molar-refractivity contribution in [1.29, 1.82) is 0 Å². The molecule has 1 unspecified atom stereocenters. The lowest BCUT2D eigenvalue weighted by Gasteiger charge is -2.31. The zero-order chi connectivity index (χ0) is 10.8. The molecule has 82 valence electrons. The number of aromatic nitrogens is 1. The number of hydrogen-bond acceptors (Lipinski definition) is 3. The summed E-state index contributed by atoms with van der Waals surface area (Å²) in [5, 5.41) is 4.35. The second-order valence-corrected chi connectivity index (χ2v) is 4.53. The molecule has 0 spiro atoms. The minimum Gasteiger partial charge on any atom is -0.307 e. The van der Waals surface area contributed by atoms with E-state index in [1.807, 2.05) is 6.07 Å². The molecule has 3 nitrogen and oxygen atoms in total. The van der Waals surface area contributed by atoms with Gasteiger partial charge in [-0.15, -0.1) is 0 Å². The first-order valence-electron chi connectivity index (χ1n) is 4.90. The van der Waals surface area contributed by atoms with Crippen LogP contribution in [0.4, 0.5) is 0 Å². The maximum absolute atomic E-state index is 6.06. The molecule has 2 rings (SSSR count). The maximum atomic E-state index is 6.06. The third-order valence-corrected chi connectivity index (χ3v) is 3.11. The Morgan fingerprint density at radius 1 is 1.47 bits per heavy atom. The number of piperazine rings is 1. The number of hydrogen-bond donors (Lipinski definition) is 1. The predicted molar refractivity (Wildman–Crippen MR) is 62.5 cm³/mol. The number of rotatable bonds is 1. The molecule has 1 aromatic rings. The van der Waals surface area contributed by atoms with Crippen molar-refractivity contribution in [2.45, 2.75) is 6.04 Å². The summed E-state index contributed by atoms with van der Waals surface area (Å²) < 4.78 is 0. The molecule has 1 saturated heterocycles. The van der Waals surface area contributed by atoms with E-state index in [2.05, 4.69) is 22.2 Å².